The van der Waals surface area contributed by atoms with Crippen molar-refractivity contribution >= 4 is 33.4 Å². The number of esters is 1. The summed E-state index contributed by atoms with van der Waals surface area (Å²) in [6, 6.07) is 6.82. The SMILES string of the molecule is CC(C)[C@@H](C(=O)N1C[C@H](O)C[C@H]1c1nc2ccccc2s1)n1cc(C(=O)OC(C)(C)C)nn1. The normalized spacial score (nSPS) is 19.9. The largest absolute Gasteiger partial charge is 0.455 e. The van der Waals surface area contributed by atoms with E-state index in [9.17, 15) is 14.7 Å². The number of thiazole rings is 1. The molecule has 0 bridgehead atoms. The molecule has 3 aromatic rings. The fraction of sp³-hybridized carbons (Fsp3) is 0.522. The van der Waals surface area contributed by atoms with Gasteiger partial charge in [-0.15, -0.1) is 16.4 Å². The van der Waals surface area contributed by atoms with Crippen molar-refractivity contribution in [3.8, 4) is 0 Å². The second-order valence-corrected chi connectivity index (χ2v) is 10.8. The molecule has 2 aromatic heterocycles. The van der Waals surface area contributed by atoms with E-state index >= 15 is 0 Å². The molecule has 176 valence electrons. The molecule has 1 aromatic carbocycles. The Hall–Kier alpha value is -2.85. The van der Waals surface area contributed by atoms with Crippen LogP contribution in [-0.4, -0.2) is 60.1 Å². The van der Waals surface area contributed by atoms with Gasteiger partial charge in [-0.25, -0.2) is 14.5 Å². The molecule has 1 amide bonds. The highest BCUT2D eigenvalue weighted by molar-refractivity contribution is 7.18. The summed E-state index contributed by atoms with van der Waals surface area (Å²) in [5, 5.41) is 19.2. The van der Waals surface area contributed by atoms with Crippen molar-refractivity contribution in [2.75, 3.05) is 6.54 Å². The van der Waals surface area contributed by atoms with E-state index in [1.165, 1.54) is 22.2 Å². The van der Waals surface area contributed by atoms with Gasteiger partial charge >= 0.3 is 5.97 Å². The summed E-state index contributed by atoms with van der Waals surface area (Å²) in [4.78, 5) is 32.5. The van der Waals surface area contributed by atoms with E-state index in [2.05, 4.69) is 10.3 Å². The van der Waals surface area contributed by atoms with Crippen LogP contribution in [-0.2, 0) is 9.53 Å². The number of β-amino-alcohol motifs (C(OH)–C–C–N with tert-alkyl or cyclic N) is 1. The van der Waals surface area contributed by atoms with Crippen molar-refractivity contribution in [2.45, 2.75) is 64.8 Å². The Balaban J connectivity index is 1.61. The molecule has 0 saturated carbocycles. The highest BCUT2D eigenvalue weighted by Gasteiger charge is 2.41. The Labute approximate surface area is 196 Å². The average Bonchev–Trinajstić information content (AvgIpc) is 3.43. The lowest BCUT2D eigenvalue weighted by Crippen LogP contribution is -2.40. The van der Waals surface area contributed by atoms with E-state index in [0.717, 1.165) is 15.2 Å². The number of aromatic nitrogens is 4. The summed E-state index contributed by atoms with van der Waals surface area (Å²) in [6.07, 6.45) is 1.25. The first-order chi connectivity index (χ1) is 15.5. The van der Waals surface area contributed by atoms with E-state index in [0.29, 0.717) is 6.42 Å². The van der Waals surface area contributed by atoms with Crippen molar-refractivity contribution in [3.63, 3.8) is 0 Å². The minimum Gasteiger partial charge on any atom is -0.455 e. The van der Waals surface area contributed by atoms with Gasteiger partial charge in [0.15, 0.2) is 5.69 Å². The molecular formula is C23H29N5O4S. The Morgan fingerprint density at radius 2 is 1.97 bits per heavy atom. The molecule has 10 heteroatoms. The Bertz CT molecular complexity index is 1130. The van der Waals surface area contributed by atoms with Crippen molar-refractivity contribution in [1.82, 2.24) is 24.9 Å². The minimum atomic E-state index is -0.684. The molecule has 33 heavy (non-hydrogen) atoms. The first-order valence-corrected chi connectivity index (χ1v) is 11.8. The van der Waals surface area contributed by atoms with Crippen LogP contribution in [0.1, 0.15) is 68.6 Å². The summed E-state index contributed by atoms with van der Waals surface area (Å²) in [5.74, 6) is -0.904. The van der Waals surface area contributed by atoms with Gasteiger partial charge in [-0.05, 0) is 38.8 Å². The molecule has 1 fully saturated rings. The third-order valence-corrected chi connectivity index (χ3v) is 6.58. The topological polar surface area (TPSA) is 110 Å². The zero-order chi connectivity index (χ0) is 23.9. The number of carbonyl (C=O) groups excluding carboxylic acids is 2. The monoisotopic (exact) mass is 471 g/mol. The Morgan fingerprint density at radius 3 is 2.64 bits per heavy atom. The fourth-order valence-corrected chi connectivity index (χ4v) is 5.13. The van der Waals surface area contributed by atoms with Crippen LogP contribution >= 0.6 is 11.3 Å². The number of ether oxygens (including phenoxy) is 1. The molecule has 0 spiro atoms. The van der Waals surface area contributed by atoms with Gasteiger partial charge in [0.1, 0.15) is 16.7 Å². The van der Waals surface area contributed by atoms with Crippen LogP contribution < -0.4 is 0 Å². The molecule has 3 atom stereocenters. The zero-order valence-corrected chi connectivity index (χ0v) is 20.2. The van der Waals surface area contributed by atoms with Gasteiger partial charge in [0, 0.05) is 13.0 Å². The van der Waals surface area contributed by atoms with Crippen molar-refractivity contribution in [2.24, 2.45) is 5.92 Å². The second kappa shape index (κ2) is 8.83. The van der Waals surface area contributed by atoms with Crippen LogP contribution in [0.15, 0.2) is 30.5 Å². The minimum absolute atomic E-state index is 0.0487. The molecule has 0 unspecified atom stereocenters. The standard InChI is InChI=1S/C23H29N5O4S/c1-13(2)19(28-12-16(25-26-28)22(31)32-23(3,4)5)21(30)27-11-14(29)10-17(27)20-24-15-8-6-7-9-18(15)33-20/h6-9,12-14,17,19,29H,10-11H2,1-5H3/t14-,17+,19+/m1/s1. The predicted octanol–water partition coefficient (Wildman–Crippen LogP) is 3.37. The summed E-state index contributed by atoms with van der Waals surface area (Å²) in [5.41, 5.74) is 0.266. The number of hydrogen-bond acceptors (Lipinski definition) is 8. The van der Waals surface area contributed by atoms with E-state index in [-0.39, 0.29) is 30.1 Å². The molecule has 9 nitrogen and oxygen atoms in total. The van der Waals surface area contributed by atoms with Gasteiger partial charge < -0.3 is 14.7 Å². The number of amides is 1. The highest BCUT2D eigenvalue weighted by Crippen LogP contribution is 2.38. The van der Waals surface area contributed by atoms with Gasteiger partial charge in [0.2, 0.25) is 5.91 Å². The lowest BCUT2D eigenvalue weighted by atomic mass is 10.0. The van der Waals surface area contributed by atoms with Crippen molar-refractivity contribution in [3.05, 3.63) is 41.2 Å². The lowest BCUT2D eigenvalue weighted by molar-refractivity contribution is -0.137. The van der Waals surface area contributed by atoms with Gasteiger partial charge in [-0.2, -0.15) is 0 Å². The summed E-state index contributed by atoms with van der Waals surface area (Å²) >= 11 is 1.53. The highest BCUT2D eigenvalue weighted by atomic mass is 32.1. The summed E-state index contributed by atoms with van der Waals surface area (Å²) < 4.78 is 7.83. The molecule has 0 aliphatic carbocycles. The number of aliphatic hydroxyl groups is 1. The van der Waals surface area contributed by atoms with E-state index in [4.69, 9.17) is 9.72 Å². The molecule has 1 saturated heterocycles. The lowest BCUT2D eigenvalue weighted by Gasteiger charge is -2.29. The molecule has 1 aliphatic heterocycles. The zero-order valence-electron chi connectivity index (χ0n) is 19.4. The number of fused-ring (bicyclic) bond motifs is 1. The number of carbonyl (C=O) groups is 2. The summed E-state index contributed by atoms with van der Waals surface area (Å²) in [6.45, 7) is 9.37. The molecule has 0 radical (unpaired) electrons. The van der Waals surface area contributed by atoms with Gasteiger partial charge in [-0.3, -0.25) is 4.79 Å². The number of para-hydroxylation sites is 1. The Kier molecular flexibility index (Phi) is 6.24. The predicted molar refractivity (Wildman–Crippen MR) is 124 cm³/mol. The molecule has 1 aliphatic rings. The number of hydrogen-bond donors (Lipinski definition) is 1. The van der Waals surface area contributed by atoms with Crippen LogP contribution in [0.3, 0.4) is 0 Å². The van der Waals surface area contributed by atoms with Gasteiger partial charge in [0.25, 0.3) is 0 Å². The van der Waals surface area contributed by atoms with E-state index < -0.39 is 23.7 Å². The number of benzene rings is 1. The first kappa shape index (κ1) is 23.3. The van der Waals surface area contributed by atoms with Crippen molar-refractivity contribution < 1.29 is 19.4 Å². The molecule has 4 rings (SSSR count). The van der Waals surface area contributed by atoms with Crippen LogP contribution in [0, 0.1) is 5.92 Å². The summed E-state index contributed by atoms with van der Waals surface area (Å²) in [7, 11) is 0. The van der Waals surface area contributed by atoms with Crippen LogP contribution in [0.25, 0.3) is 10.2 Å². The maximum Gasteiger partial charge on any atom is 0.361 e. The Morgan fingerprint density at radius 1 is 1.24 bits per heavy atom. The third-order valence-electron chi connectivity index (χ3n) is 5.45. The van der Waals surface area contributed by atoms with Gasteiger partial charge in [0.05, 0.1) is 28.6 Å². The van der Waals surface area contributed by atoms with E-state index in [1.54, 1.807) is 25.7 Å². The first-order valence-electron chi connectivity index (χ1n) is 11.0. The van der Waals surface area contributed by atoms with Gasteiger partial charge in [-0.1, -0.05) is 31.2 Å². The van der Waals surface area contributed by atoms with E-state index in [1.807, 2.05) is 38.1 Å². The van der Waals surface area contributed by atoms with Crippen LogP contribution in [0.2, 0.25) is 0 Å². The number of aliphatic hydroxyl groups excluding tert-OH is 1. The average molecular weight is 472 g/mol. The van der Waals surface area contributed by atoms with Crippen LogP contribution in [0.5, 0.6) is 0 Å². The third kappa shape index (κ3) is 4.91. The number of rotatable bonds is 5. The maximum atomic E-state index is 13.7. The number of likely N-dealkylation sites (tertiary alicyclic amines) is 1. The smallest absolute Gasteiger partial charge is 0.361 e. The van der Waals surface area contributed by atoms with Crippen molar-refractivity contribution in [1.29, 1.82) is 0 Å². The van der Waals surface area contributed by atoms with Crippen LogP contribution in [0.4, 0.5) is 0 Å². The molecular weight excluding hydrogens is 442 g/mol. The second-order valence-electron chi connectivity index (χ2n) is 9.69. The molecule has 1 N–H and O–H groups in total. The molecule has 3 heterocycles. The quantitative estimate of drug-likeness (QED) is 0.568. The number of nitrogens with zero attached hydrogens (tertiary/aromatic N) is 5. The fourth-order valence-electron chi connectivity index (χ4n) is 4.03. The maximum absolute atomic E-state index is 13.7.